The maximum atomic E-state index is 12.2. The Balaban J connectivity index is 1.44. The first-order valence-corrected chi connectivity index (χ1v) is 12.9. The number of fused-ring (bicyclic) bond motifs is 1. The van der Waals surface area contributed by atoms with Crippen molar-refractivity contribution in [3.63, 3.8) is 0 Å². The maximum Gasteiger partial charge on any atom is 0.354 e. The van der Waals surface area contributed by atoms with E-state index in [0.717, 1.165) is 42.9 Å². The smallest absolute Gasteiger partial charge is 0.354 e. The summed E-state index contributed by atoms with van der Waals surface area (Å²) in [6.07, 6.45) is 2.53. The number of nitrogens with zero attached hydrogens (tertiary/aromatic N) is 2. The lowest BCUT2D eigenvalue weighted by atomic mass is 9.90. The van der Waals surface area contributed by atoms with Crippen molar-refractivity contribution in [1.82, 2.24) is 10.6 Å². The summed E-state index contributed by atoms with van der Waals surface area (Å²) in [6.45, 7) is 5.62. The van der Waals surface area contributed by atoms with E-state index in [9.17, 15) is 9.90 Å². The van der Waals surface area contributed by atoms with Gasteiger partial charge in [-0.05, 0) is 81.2 Å². The van der Waals surface area contributed by atoms with Gasteiger partial charge in [0.1, 0.15) is 22.8 Å². The number of allylic oxidation sites excluding steroid dienone is 1. The molecule has 11 heteroatoms. The molecule has 3 aliphatic rings. The van der Waals surface area contributed by atoms with Crippen molar-refractivity contribution < 1.29 is 19.5 Å². The molecule has 4 atom stereocenters. The summed E-state index contributed by atoms with van der Waals surface area (Å²) in [5.74, 6) is 0.917. The molecule has 0 fully saturated rings. The largest absolute Gasteiger partial charge is 0.485 e. The van der Waals surface area contributed by atoms with Gasteiger partial charge >= 0.3 is 5.97 Å². The third-order valence-corrected chi connectivity index (χ3v) is 7.38. The van der Waals surface area contributed by atoms with Crippen LogP contribution in [0.15, 0.2) is 39.5 Å². The van der Waals surface area contributed by atoms with Gasteiger partial charge in [-0.3, -0.25) is 4.99 Å². The number of carbonyl (C=O) groups is 1. The first-order valence-electron chi connectivity index (χ1n) is 11.9. The van der Waals surface area contributed by atoms with E-state index in [2.05, 4.69) is 21.9 Å². The number of amidine groups is 1. The Labute approximate surface area is 209 Å². The minimum atomic E-state index is -1.65. The summed E-state index contributed by atoms with van der Waals surface area (Å²) in [4.78, 5) is 22.6. The number of benzene rings is 1. The van der Waals surface area contributed by atoms with Crippen molar-refractivity contribution in [2.24, 2.45) is 27.5 Å². The highest BCUT2D eigenvalue weighted by Gasteiger charge is 2.48. The quantitative estimate of drug-likeness (QED) is 0.251. The molecule has 1 aromatic carbocycles. The number of hydrogen-bond acceptors (Lipinski definition) is 10. The Hall–Kier alpha value is -2.76. The lowest BCUT2D eigenvalue weighted by Gasteiger charge is -2.35. The predicted octanol–water partition coefficient (Wildman–Crippen LogP) is 1.74. The van der Waals surface area contributed by atoms with E-state index in [0.29, 0.717) is 42.5 Å². The van der Waals surface area contributed by atoms with Gasteiger partial charge in [-0.1, -0.05) is 16.9 Å². The lowest BCUT2D eigenvalue weighted by Crippen LogP contribution is -2.52. The van der Waals surface area contributed by atoms with Gasteiger partial charge in [-0.2, -0.15) is 0 Å². The van der Waals surface area contributed by atoms with Gasteiger partial charge in [0.15, 0.2) is 6.10 Å². The monoisotopic (exact) mass is 502 g/mol. The van der Waals surface area contributed by atoms with Crippen LogP contribution < -0.4 is 26.8 Å². The number of nitrogens with two attached hydrogens (primary N) is 2. The number of aryl methyl sites for hydroxylation is 1. The number of hydrogen-bond donors (Lipinski definition) is 5. The average molecular weight is 503 g/mol. The molecule has 0 saturated carbocycles. The standard InChI is InChI=1S/C24H34N6O4S/c1-14(18-13-35-23(26)29-18)30-34-24(2,22(31)32)20-8-6-16-10-17(5-7-19(16)33-20)21-27-11-15(12-28-21)4-3-9-25/h5,7,10,13,15,20,23,29H,3-4,6,8-9,11-12,25-26H2,1-2H3,(H,27,28)(H,31,32)/b30-14+. The predicted molar refractivity (Wildman–Crippen MR) is 137 cm³/mol. The molecule has 0 aromatic heterocycles. The maximum absolute atomic E-state index is 12.2. The van der Waals surface area contributed by atoms with Crippen LogP contribution in [-0.2, 0) is 16.1 Å². The second-order valence-electron chi connectivity index (χ2n) is 9.25. The van der Waals surface area contributed by atoms with Crippen LogP contribution in [0.4, 0.5) is 0 Å². The Kier molecular flexibility index (Phi) is 7.88. The van der Waals surface area contributed by atoms with Crippen LogP contribution in [0.2, 0.25) is 0 Å². The molecule has 0 radical (unpaired) electrons. The van der Waals surface area contributed by atoms with Crippen LogP contribution in [0.25, 0.3) is 0 Å². The third-order valence-electron chi connectivity index (χ3n) is 6.59. The molecule has 3 heterocycles. The fraction of sp³-hybridized carbons (Fsp3) is 0.542. The normalized spacial score (nSPS) is 25.7. The van der Waals surface area contributed by atoms with Crippen molar-refractivity contribution in [3.8, 4) is 5.75 Å². The minimum absolute atomic E-state index is 0.253. The van der Waals surface area contributed by atoms with Crippen molar-refractivity contribution in [2.45, 2.75) is 56.7 Å². The molecule has 7 N–H and O–H groups in total. The zero-order valence-corrected chi connectivity index (χ0v) is 20.9. The van der Waals surface area contributed by atoms with Crippen LogP contribution in [0, 0.1) is 5.92 Å². The summed E-state index contributed by atoms with van der Waals surface area (Å²) >= 11 is 1.42. The minimum Gasteiger partial charge on any atom is -0.485 e. The summed E-state index contributed by atoms with van der Waals surface area (Å²) in [7, 11) is 0. The molecular formula is C24H34N6O4S. The third kappa shape index (κ3) is 5.74. The molecule has 3 aliphatic heterocycles. The van der Waals surface area contributed by atoms with E-state index in [-0.39, 0.29) is 5.50 Å². The van der Waals surface area contributed by atoms with Gasteiger partial charge in [0.2, 0.25) is 0 Å². The Morgan fingerprint density at radius 2 is 2.29 bits per heavy atom. The number of ether oxygens (including phenoxy) is 1. The van der Waals surface area contributed by atoms with Gasteiger partial charge in [-0.15, -0.1) is 0 Å². The van der Waals surface area contributed by atoms with Crippen LogP contribution in [0.5, 0.6) is 5.75 Å². The summed E-state index contributed by atoms with van der Waals surface area (Å²) in [5, 5.41) is 22.4. The molecule has 0 bridgehead atoms. The Bertz CT molecular complexity index is 1040. The summed E-state index contributed by atoms with van der Waals surface area (Å²) in [5.41, 5.74) is 12.8. The fourth-order valence-electron chi connectivity index (χ4n) is 4.30. The number of aliphatic imine (C=N–C) groups is 1. The SMILES string of the molecule is C/C(=N\OC(C)(C(=O)O)C1CCc2cc(C3=NCC(CCCN)CN3)ccc2O1)C1=CSC(N)N1. The topological polar surface area (TPSA) is 157 Å². The molecule has 10 nitrogen and oxygen atoms in total. The zero-order chi connectivity index (χ0) is 25.0. The van der Waals surface area contributed by atoms with Crippen molar-refractivity contribution in [3.05, 3.63) is 40.4 Å². The van der Waals surface area contributed by atoms with Gasteiger partial charge in [0, 0.05) is 18.7 Å². The number of oxime groups is 1. The molecule has 0 aliphatic carbocycles. The first kappa shape index (κ1) is 25.3. The fourth-order valence-corrected chi connectivity index (χ4v) is 5.02. The number of carboxylic acid groups (broad SMARTS) is 1. The average Bonchev–Trinajstić information content (AvgIpc) is 3.31. The van der Waals surface area contributed by atoms with Gasteiger partial charge in [-0.25, -0.2) is 4.79 Å². The van der Waals surface area contributed by atoms with Crippen molar-refractivity contribution in [2.75, 3.05) is 19.6 Å². The highest BCUT2D eigenvalue weighted by molar-refractivity contribution is 8.02. The first-order chi connectivity index (χ1) is 16.8. The van der Waals surface area contributed by atoms with E-state index >= 15 is 0 Å². The second-order valence-corrected chi connectivity index (χ2v) is 10.3. The molecular weight excluding hydrogens is 468 g/mol. The van der Waals surface area contributed by atoms with E-state index in [4.69, 9.17) is 26.0 Å². The van der Waals surface area contributed by atoms with Gasteiger partial charge < -0.3 is 36.8 Å². The molecule has 1 aromatic rings. The summed E-state index contributed by atoms with van der Waals surface area (Å²) < 4.78 is 6.14. The highest BCUT2D eigenvalue weighted by atomic mass is 32.2. The molecule has 190 valence electrons. The van der Waals surface area contributed by atoms with Crippen molar-refractivity contribution in [1.29, 1.82) is 0 Å². The molecule has 4 unspecified atom stereocenters. The van der Waals surface area contributed by atoms with E-state index in [1.807, 2.05) is 17.5 Å². The highest BCUT2D eigenvalue weighted by Crippen LogP contribution is 2.34. The van der Waals surface area contributed by atoms with Gasteiger partial charge in [0.25, 0.3) is 5.60 Å². The number of aliphatic carboxylic acids is 1. The van der Waals surface area contributed by atoms with E-state index in [1.54, 1.807) is 6.92 Å². The number of carboxylic acids is 1. The summed E-state index contributed by atoms with van der Waals surface area (Å²) in [6, 6.07) is 5.90. The molecule has 0 amide bonds. The Morgan fingerprint density at radius 1 is 1.46 bits per heavy atom. The number of nitrogens with one attached hydrogen (secondary N) is 2. The zero-order valence-electron chi connectivity index (χ0n) is 20.1. The van der Waals surface area contributed by atoms with Crippen molar-refractivity contribution >= 4 is 29.3 Å². The van der Waals surface area contributed by atoms with Crippen LogP contribution in [-0.4, -0.2) is 59.5 Å². The second kappa shape index (κ2) is 10.9. The van der Waals surface area contributed by atoms with Gasteiger partial charge in [0.05, 0.1) is 5.70 Å². The Morgan fingerprint density at radius 3 is 2.94 bits per heavy atom. The lowest BCUT2D eigenvalue weighted by molar-refractivity contribution is -0.178. The molecule has 0 spiro atoms. The van der Waals surface area contributed by atoms with Crippen LogP contribution in [0.1, 0.15) is 44.2 Å². The number of rotatable bonds is 9. The molecule has 4 rings (SSSR count). The van der Waals surface area contributed by atoms with Crippen LogP contribution >= 0.6 is 11.8 Å². The van der Waals surface area contributed by atoms with E-state index in [1.165, 1.54) is 18.7 Å². The molecule has 35 heavy (non-hydrogen) atoms. The molecule has 0 saturated heterocycles. The number of thioether (sulfide) groups is 1. The van der Waals surface area contributed by atoms with E-state index < -0.39 is 17.7 Å². The van der Waals surface area contributed by atoms with Crippen LogP contribution in [0.3, 0.4) is 0 Å².